The normalized spacial score (nSPS) is 12.7. The Labute approximate surface area is 89.5 Å². The maximum atomic E-state index is 8.66. The summed E-state index contributed by atoms with van der Waals surface area (Å²) in [7, 11) is 0. The number of anilines is 1. The second-order valence-corrected chi connectivity index (χ2v) is 4.71. The van der Waals surface area contributed by atoms with Crippen molar-refractivity contribution in [2.45, 2.75) is 18.6 Å². The third-order valence-electron chi connectivity index (χ3n) is 2.05. The molecule has 1 aromatic carbocycles. The summed E-state index contributed by atoms with van der Waals surface area (Å²) in [4.78, 5) is 0. The number of hydrogen-bond acceptors (Lipinski definition) is 3. The number of rotatable bonds is 5. The van der Waals surface area contributed by atoms with Crippen LogP contribution < -0.4 is 5.73 Å². The van der Waals surface area contributed by atoms with Crippen molar-refractivity contribution in [2.24, 2.45) is 0 Å². The van der Waals surface area contributed by atoms with Crippen LogP contribution in [0.5, 0.6) is 0 Å². The summed E-state index contributed by atoms with van der Waals surface area (Å²) in [6.07, 6.45) is 0.858. The van der Waals surface area contributed by atoms with E-state index in [1.165, 1.54) is 5.56 Å². The lowest BCUT2D eigenvalue weighted by Gasteiger charge is -2.11. The third-order valence-corrected chi connectivity index (χ3v) is 3.35. The van der Waals surface area contributed by atoms with Gasteiger partial charge in [0.1, 0.15) is 0 Å². The van der Waals surface area contributed by atoms with Crippen LogP contribution in [-0.2, 0) is 0 Å². The topological polar surface area (TPSA) is 46.2 Å². The monoisotopic (exact) mass is 211 g/mol. The summed E-state index contributed by atoms with van der Waals surface area (Å²) >= 11 is 1.85. The molecule has 3 N–H and O–H groups in total. The van der Waals surface area contributed by atoms with Crippen LogP contribution in [-0.4, -0.2) is 17.5 Å². The predicted molar refractivity (Wildman–Crippen MR) is 63.4 cm³/mol. The van der Waals surface area contributed by atoms with E-state index in [0.29, 0.717) is 5.25 Å². The molecule has 0 saturated carbocycles. The van der Waals surface area contributed by atoms with Crippen LogP contribution in [0.15, 0.2) is 24.3 Å². The van der Waals surface area contributed by atoms with E-state index in [9.17, 15) is 0 Å². The number of benzene rings is 1. The molecule has 0 aliphatic rings. The minimum Gasteiger partial charge on any atom is -0.399 e. The van der Waals surface area contributed by atoms with Gasteiger partial charge in [0.25, 0.3) is 0 Å². The first-order valence-corrected chi connectivity index (χ1v) is 5.87. The van der Waals surface area contributed by atoms with Crippen LogP contribution >= 0.6 is 11.8 Å². The van der Waals surface area contributed by atoms with Gasteiger partial charge in [-0.15, -0.1) is 0 Å². The quantitative estimate of drug-likeness (QED) is 0.581. The molecule has 3 heteroatoms. The zero-order valence-electron chi connectivity index (χ0n) is 8.44. The van der Waals surface area contributed by atoms with Crippen molar-refractivity contribution in [1.29, 1.82) is 0 Å². The lowest BCUT2D eigenvalue weighted by molar-refractivity contribution is 0.296. The van der Waals surface area contributed by atoms with E-state index < -0.39 is 0 Å². The average molecular weight is 211 g/mol. The van der Waals surface area contributed by atoms with Gasteiger partial charge in [0.05, 0.1) is 0 Å². The van der Waals surface area contributed by atoms with Crippen LogP contribution in [0.3, 0.4) is 0 Å². The molecule has 2 nitrogen and oxygen atoms in total. The third kappa shape index (κ3) is 3.60. The van der Waals surface area contributed by atoms with Crippen LogP contribution in [0.2, 0.25) is 0 Å². The highest BCUT2D eigenvalue weighted by Gasteiger charge is 2.05. The van der Waals surface area contributed by atoms with Crippen LogP contribution in [0.25, 0.3) is 0 Å². The Kier molecular flexibility index (Phi) is 4.84. The number of aliphatic hydroxyl groups is 1. The van der Waals surface area contributed by atoms with E-state index in [-0.39, 0.29) is 6.61 Å². The van der Waals surface area contributed by atoms with Gasteiger partial charge in [0.15, 0.2) is 0 Å². The highest BCUT2D eigenvalue weighted by molar-refractivity contribution is 7.99. The molecule has 1 unspecified atom stereocenters. The minimum atomic E-state index is 0.274. The summed E-state index contributed by atoms with van der Waals surface area (Å²) in [5.41, 5.74) is 7.78. The lowest BCUT2D eigenvalue weighted by Crippen LogP contribution is -1.94. The second-order valence-electron chi connectivity index (χ2n) is 3.26. The van der Waals surface area contributed by atoms with Gasteiger partial charge in [-0.2, -0.15) is 11.8 Å². The molecule has 0 fully saturated rings. The molecule has 0 bridgehead atoms. The molecule has 0 aliphatic heterocycles. The van der Waals surface area contributed by atoms with Crippen molar-refractivity contribution >= 4 is 17.4 Å². The van der Waals surface area contributed by atoms with Gasteiger partial charge in [-0.25, -0.2) is 0 Å². The van der Waals surface area contributed by atoms with E-state index in [1.807, 2.05) is 30.0 Å². The van der Waals surface area contributed by atoms with E-state index in [2.05, 4.69) is 13.0 Å². The largest absolute Gasteiger partial charge is 0.399 e. The molecule has 1 aromatic rings. The first kappa shape index (κ1) is 11.4. The molecule has 1 atom stereocenters. The van der Waals surface area contributed by atoms with Gasteiger partial charge in [-0.05, 0) is 36.8 Å². The Morgan fingerprint density at radius 1 is 1.50 bits per heavy atom. The molecule has 0 amide bonds. The second kappa shape index (κ2) is 5.94. The smallest absolute Gasteiger partial charge is 0.0438 e. The van der Waals surface area contributed by atoms with E-state index in [1.54, 1.807) is 0 Å². The number of aliphatic hydroxyl groups excluding tert-OH is 1. The Hall–Kier alpha value is -0.670. The van der Waals surface area contributed by atoms with E-state index >= 15 is 0 Å². The summed E-state index contributed by atoms with van der Waals surface area (Å²) < 4.78 is 0. The van der Waals surface area contributed by atoms with Crippen LogP contribution in [0.1, 0.15) is 24.2 Å². The van der Waals surface area contributed by atoms with E-state index in [4.69, 9.17) is 10.8 Å². The first-order valence-electron chi connectivity index (χ1n) is 4.82. The Balaban J connectivity index is 2.47. The summed E-state index contributed by atoms with van der Waals surface area (Å²) in [5, 5.41) is 9.11. The molecule has 0 aliphatic carbocycles. The maximum absolute atomic E-state index is 8.66. The molecular weight excluding hydrogens is 194 g/mol. The zero-order valence-corrected chi connectivity index (χ0v) is 9.26. The van der Waals surface area contributed by atoms with Gasteiger partial charge in [-0.3, -0.25) is 0 Å². The SMILES string of the molecule is CC(SCCCO)c1cccc(N)c1. The van der Waals surface area contributed by atoms with Gasteiger partial charge >= 0.3 is 0 Å². The van der Waals surface area contributed by atoms with Crippen molar-refractivity contribution in [3.05, 3.63) is 29.8 Å². The predicted octanol–water partition coefficient (Wildman–Crippen LogP) is 2.45. The molecule has 0 heterocycles. The van der Waals surface area contributed by atoms with Gasteiger partial charge in [0, 0.05) is 17.5 Å². The highest BCUT2D eigenvalue weighted by atomic mass is 32.2. The van der Waals surface area contributed by atoms with Crippen molar-refractivity contribution in [1.82, 2.24) is 0 Å². The van der Waals surface area contributed by atoms with Gasteiger partial charge in [-0.1, -0.05) is 12.1 Å². The molecule has 0 saturated heterocycles. The first-order chi connectivity index (χ1) is 6.74. The van der Waals surface area contributed by atoms with Crippen LogP contribution in [0, 0.1) is 0 Å². The summed E-state index contributed by atoms with van der Waals surface area (Å²) in [6, 6.07) is 7.98. The number of nitrogens with two attached hydrogens (primary N) is 1. The summed E-state index contributed by atoms with van der Waals surface area (Å²) in [5.74, 6) is 0.993. The van der Waals surface area contributed by atoms with Gasteiger partial charge < -0.3 is 10.8 Å². The maximum Gasteiger partial charge on any atom is 0.0438 e. The minimum absolute atomic E-state index is 0.274. The molecule has 1 rings (SSSR count). The number of nitrogen functional groups attached to an aromatic ring is 1. The Morgan fingerprint density at radius 2 is 2.29 bits per heavy atom. The molecule has 0 aromatic heterocycles. The summed E-state index contributed by atoms with van der Waals surface area (Å²) in [6.45, 7) is 2.44. The Morgan fingerprint density at radius 3 is 2.93 bits per heavy atom. The fourth-order valence-corrected chi connectivity index (χ4v) is 2.22. The van der Waals surface area contributed by atoms with Crippen molar-refractivity contribution in [3.63, 3.8) is 0 Å². The molecule has 78 valence electrons. The molecule has 0 spiro atoms. The fourth-order valence-electron chi connectivity index (χ4n) is 1.23. The van der Waals surface area contributed by atoms with Crippen molar-refractivity contribution in [2.75, 3.05) is 18.1 Å². The fraction of sp³-hybridized carbons (Fsp3) is 0.455. The van der Waals surface area contributed by atoms with Crippen LogP contribution in [0.4, 0.5) is 5.69 Å². The van der Waals surface area contributed by atoms with E-state index in [0.717, 1.165) is 17.9 Å². The molecule has 0 radical (unpaired) electrons. The lowest BCUT2D eigenvalue weighted by atomic mass is 10.1. The Bertz CT molecular complexity index is 278. The highest BCUT2D eigenvalue weighted by Crippen LogP contribution is 2.29. The van der Waals surface area contributed by atoms with Crippen molar-refractivity contribution < 1.29 is 5.11 Å². The number of hydrogen-bond donors (Lipinski definition) is 2. The molecular formula is C11H17NOS. The van der Waals surface area contributed by atoms with Crippen molar-refractivity contribution in [3.8, 4) is 0 Å². The molecule has 14 heavy (non-hydrogen) atoms. The number of thioether (sulfide) groups is 1. The standard InChI is InChI=1S/C11H17NOS/c1-9(14-7-3-6-13)10-4-2-5-11(12)8-10/h2,4-5,8-9,13H,3,6-7,12H2,1H3. The van der Waals surface area contributed by atoms with Gasteiger partial charge in [0.2, 0.25) is 0 Å². The average Bonchev–Trinajstić information content (AvgIpc) is 2.18. The zero-order chi connectivity index (χ0) is 10.4.